The number of ether oxygens (including phenoxy) is 1. The van der Waals surface area contributed by atoms with E-state index in [1.807, 2.05) is 63.2 Å². The molecule has 0 saturated carbocycles. The number of carbonyl (C=O) groups excluding carboxylic acids is 1. The zero-order chi connectivity index (χ0) is 20.4. The molecule has 29 heavy (non-hydrogen) atoms. The van der Waals surface area contributed by atoms with E-state index in [9.17, 15) is 4.79 Å². The van der Waals surface area contributed by atoms with Crippen LogP contribution in [0.25, 0.3) is 20.9 Å². The van der Waals surface area contributed by atoms with Crippen LogP contribution in [0.1, 0.15) is 29.8 Å². The van der Waals surface area contributed by atoms with Gasteiger partial charge in [-0.2, -0.15) is 0 Å². The number of anilines is 1. The summed E-state index contributed by atoms with van der Waals surface area (Å²) in [5, 5.41) is 3.89. The fourth-order valence-electron chi connectivity index (χ4n) is 2.93. The van der Waals surface area contributed by atoms with Gasteiger partial charge in [0.15, 0.2) is 0 Å². The van der Waals surface area contributed by atoms with Crippen LogP contribution in [0.3, 0.4) is 0 Å². The Kier molecular flexibility index (Phi) is 5.27. The predicted octanol–water partition coefficient (Wildman–Crippen LogP) is 5.71. The van der Waals surface area contributed by atoms with Crippen LogP contribution in [0.4, 0.5) is 5.69 Å². The Morgan fingerprint density at radius 1 is 1.10 bits per heavy atom. The average molecular weight is 404 g/mol. The summed E-state index contributed by atoms with van der Waals surface area (Å²) in [4.78, 5) is 22.6. The lowest BCUT2D eigenvalue weighted by atomic mass is 10.1. The molecular formula is C23H21N3O2S. The Balaban J connectivity index is 1.57. The van der Waals surface area contributed by atoms with Crippen LogP contribution >= 0.6 is 11.3 Å². The van der Waals surface area contributed by atoms with E-state index in [2.05, 4.69) is 15.3 Å². The van der Waals surface area contributed by atoms with E-state index in [4.69, 9.17) is 4.74 Å². The van der Waals surface area contributed by atoms with Crippen LogP contribution in [0.15, 0.2) is 60.8 Å². The van der Waals surface area contributed by atoms with Crippen LogP contribution in [0.5, 0.6) is 5.75 Å². The maximum atomic E-state index is 12.7. The molecule has 0 fully saturated rings. The molecule has 0 atom stereocenters. The van der Waals surface area contributed by atoms with E-state index in [-0.39, 0.29) is 12.0 Å². The lowest BCUT2D eigenvalue weighted by Crippen LogP contribution is -2.13. The zero-order valence-corrected chi connectivity index (χ0v) is 17.3. The Labute approximate surface area is 173 Å². The smallest absolute Gasteiger partial charge is 0.255 e. The molecule has 2 heterocycles. The first-order valence-corrected chi connectivity index (χ1v) is 10.2. The van der Waals surface area contributed by atoms with Gasteiger partial charge in [0.05, 0.1) is 6.10 Å². The Morgan fingerprint density at radius 2 is 1.90 bits per heavy atom. The number of aryl methyl sites for hydroxylation is 1. The molecule has 0 unspecified atom stereocenters. The minimum atomic E-state index is -0.160. The van der Waals surface area contributed by atoms with Crippen molar-refractivity contribution in [2.45, 2.75) is 26.9 Å². The second kappa shape index (κ2) is 8.01. The van der Waals surface area contributed by atoms with Crippen LogP contribution < -0.4 is 10.1 Å². The summed E-state index contributed by atoms with van der Waals surface area (Å²) >= 11 is 1.54. The van der Waals surface area contributed by atoms with Crippen LogP contribution in [0, 0.1) is 6.92 Å². The number of aromatic nitrogens is 2. The highest BCUT2D eigenvalue weighted by Crippen LogP contribution is 2.31. The summed E-state index contributed by atoms with van der Waals surface area (Å²) in [5.41, 5.74) is 4.16. The molecule has 146 valence electrons. The average Bonchev–Trinajstić information content (AvgIpc) is 3.14. The Morgan fingerprint density at radius 3 is 2.62 bits per heavy atom. The van der Waals surface area contributed by atoms with E-state index < -0.39 is 0 Å². The SMILES string of the molecule is Cc1ccc(-c2nc3cccnc3s2)cc1NC(=O)c1ccc(OC(C)C)cc1. The molecule has 4 rings (SSSR count). The number of nitrogens with one attached hydrogen (secondary N) is 1. The van der Waals surface area contributed by atoms with E-state index in [0.29, 0.717) is 5.56 Å². The number of fused-ring (bicyclic) bond motifs is 1. The van der Waals surface area contributed by atoms with Gasteiger partial charge < -0.3 is 10.1 Å². The van der Waals surface area contributed by atoms with Crippen molar-refractivity contribution in [1.29, 1.82) is 0 Å². The molecule has 0 aliphatic heterocycles. The standard InChI is InChI=1S/C23H21N3O2S/c1-14(2)28-18-10-8-16(9-11-18)21(27)25-20-13-17(7-6-15(20)3)22-26-19-5-4-12-24-23(19)29-22/h4-14H,1-3H3,(H,25,27). The summed E-state index contributed by atoms with van der Waals surface area (Å²) in [7, 11) is 0. The van der Waals surface area contributed by atoms with Gasteiger partial charge in [0.2, 0.25) is 0 Å². The second-order valence-corrected chi connectivity index (χ2v) is 8.00. The van der Waals surface area contributed by atoms with Crippen molar-refractivity contribution in [2.24, 2.45) is 0 Å². The lowest BCUT2D eigenvalue weighted by Gasteiger charge is -2.12. The third-order valence-electron chi connectivity index (χ3n) is 4.39. The van der Waals surface area contributed by atoms with E-state index in [0.717, 1.165) is 37.9 Å². The normalized spacial score (nSPS) is 11.0. The summed E-state index contributed by atoms with van der Waals surface area (Å²) < 4.78 is 5.63. The maximum absolute atomic E-state index is 12.7. The van der Waals surface area contributed by atoms with Gasteiger partial charge in [-0.25, -0.2) is 9.97 Å². The van der Waals surface area contributed by atoms with Crippen molar-refractivity contribution < 1.29 is 9.53 Å². The van der Waals surface area contributed by atoms with Gasteiger partial charge >= 0.3 is 0 Å². The van der Waals surface area contributed by atoms with Gasteiger partial charge in [-0.1, -0.05) is 23.5 Å². The second-order valence-electron chi connectivity index (χ2n) is 7.02. The molecule has 1 N–H and O–H groups in total. The molecule has 2 aromatic heterocycles. The number of hydrogen-bond donors (Lipinski definition) is 1. The number of pyridine rings is 1. The number of benzene rings is 2. The zero-order valence-electron chi connectivity index (χ0n) is 16.5. The highest BCUT2D eigenvalue weighted by Gasteiger charge is 2.12. The molecule has 0 saturated heterocycles. The number of hydrogen-bond acceptors (Lipinski definition) is 5. The van der Waals surface area contributed by atoms with Gasteiger partial charge in [-0.15, -0.1) is 0 Å². The highest BCUT2D eigenvalue weighted by molar-refractivity contribution is 7.21. The number of nitrogens with zero attached hydrogens (tertiary/aromatic N) is 2. The number of thiazole rings is 1. The van der Waals surface area contributed by atoms with Crippen molar-refractivity contribution in [1.82, 2.24) is 9.97 Å². The van der Waals surface area contributed by atoms with Gasteiger partial charge in [-0.3, -0.25) is 4.79 Å². The van der Waals surface area contributed by atoms with Gasteiger partial charge in [0.25, 0.3) is 5.91 Å². The molecule has 5 nitrogen and oxygen atoms in total. The predicted molar refractivity (Wildman–Crippen MR) is 118 cm³/mol. The molecular weight excluding hydrogens is 382 g/mol. The van der Waals surface area contributed by atoms with E-state index >= 15 is 0 Å². The number of amides is 1. The Hall–Kier alpha value is -3.25. The molecule has 6 heteroatoms. The third-order valence-corrected chi connectivity index (χ3v) is 5.42. The van der Waals surface area contributed by atoms with Gasteiger partial charge in [0.1, 0.15) is 21.1 Å². The Bertz CT molecular complexity index is 1130. The topological polar surface area (TPSA) is 64.1 Å². The molecule has 4 aromatic rings. The van der Waals surface area contributed by atoms with E-state index in [1.165, 1.54) is 11.3 Å². The molecule has 0 spiro atoms. The summed E-state index contributed by atoms with van der Waals surface area (Å²) in [6.45, 7) is 5.91. The fourth-order valence-corrected chi connectivity index (χ4v) is 3.84. The van der Waals surface area contributed by atoms with Gasteiger partial charge in [0, 0.05) is 23.0 Å². The lowest BCUT2D eigenvalue weighted by molar-refractivity contribution is 0.102. The van der Waals surface area contributed by atoms with Crippen LogP contribution in [0.2, 0.25) is 0 Å². The van der Waals surface area contributed by atoms with Gasteiger partial charge in [-0.05, 0) is 68.8 Å². The fraction of sp³-hybridized carbons (Fsp3) is 0.174. The van der Waals surface area contributed by atoms with Crippen molar-refractivity contribution in [3.05, 3.63) is 71.9 Å². The van der Waals surface area contributed by atoms with Crippen molar-refractivity contribution in [3.8, 4) is 16.3 Å². The van der Waals surface area contributed by atoms with Crippen LogP contribution in [-0.2, 0) is 0 Å². The number of rotatable bonds is 5. The summed E-state index contributed by atoms with van der Waals surface area (Å²) in [5.74, 6) is 0.589. The van der Waals surface area contributed by atoms with Crippen molar-refractivity contribution >= 4 is 33.3 Å². The van der Waals surface area contributed by atoms with Crippen molar-refractivity contribution in [2.75, 3.05) is 5.32 Å². The molecule has 0 bridgehead atoms. The van der Waals surface area contributed by atoms with E-state index in [1.54, 1.807) is 18.3 Å². The molecule has 0 radical (unpaired) electrons. The summed E-state index contributed by atoms with van der Waals surface area (Å²) in [6, 6.07) is 17.0. The maximum Gasteiger partial charge on any atom is 0.255 e. The molecule has 0 aliphatic carbocycles. The largest absolute Gasteiger partial charge is 0.491 e. The molecule has 1 amide bonds. The summed E-state index contributed by atoms with van der Waals surface area (Å²) in [6.07, 6.45) is 1.86. The molecule has 2 aromatic carbocycles. The minimum Gasteiger partial charge on any atom is -0.491 e. The monoisotopic (exact) mass is 403 g/mol. The molecule has 0 aliphatic rings. The highest BCUT2D eigenvalue weighted by atomic mass is 32.1. The van der Waals surface area contributed by atoms with Crippen LogP contribution in [-0.4, -0.2) is 22.0 Å². The first kappa shape index (κ1) is 19.1. The third kappa shape index (κ3) is 4.27. The minimum absolute atomic E-state index is 0.0952. The number of carbonyl (C=O) groups is 1. The first-order chi connectivity index (χ1) is 14.0. The first-order valence-electron chi connectivity index (χ1n) is 9.40. The van der Waals surface area contributed by atoms with Crippen molar-refractivity contribution in [3.63, 3.8) is 0 Å². The quantitative estimate of drug-likeness (QED) is 0.464.